The third-order valence-electron chi connectivity index (χ3n) is 3.00. The van der Waals surface area contributed by atoms with Crippen LogP contribution < -0.4 is 11.1 Å². The van der Waals surface area contributed by atoms with Crippen molar-refractivity contribution >= 4 is 16.1 Å². The van der Waals surface area contributed by atoms with Crippen molar-refractivity contribution in [2.75, 3.05) is 19.6 Å². The van der Waals surface area contributed by atoms with Crippen LogP contribution in [-0.4, -0.2) is 43.6 Å². The van der Waals surface area contributed by atoms with E-state index in [9.17, 15) is 13.2 Å². The molecule has 0 bridgehead atoms. The van der Waals surface area contributed by atoms with Crippen molar-refractivity contribution in [3.63, 3.8) is 0 Å². The van der Waals surface area contributed by atoms with E-state index in [0.717, 1.165) is 12.8 Å². The Morgan fingerprint density at radius 2 is 2.18 bits per heavy atom. The van der Waals surface area contributed by atoms with Crippen LogP contribution in [0.1, 0.15) is 26.7 Å². The largest absolute Gasteiger partial charge is 0.352 e. The van der Waals surface area contributed by atoms with Crippen LogP contribution in [0.5, 0.6) is 0 Å². The number of hydrogen-bond donors (Lipinski definition) is 2. The number of amides is 2. The number of hydrogen-bond acceptors (Lipinski definition) is 3. The maximum absolute atomic E-state index is 12.0. The first-order valence-corrected chi connectivity index (χ1v) is 7.36. The summed E-state index contributed by atoms with van der Waals surface area (Å²) < 4.78 is 25.5. The standard InChI is InChI=1S/C10H21N3O3S/c1-8(2)17(15,16)13-5-3-4-9(7-13)6-12-10(11)14/h8-9H,3-7H2,1-2H3,(H3,11,12,14). The molecule has 0 spiro atoms. The predicted molar refractivity (Wildman–Crippen MR) is 65.9 cm³/mol. The second-order valence-corrected chi connectivity index (χ2v) is 7.19. The topological polar surface area (TPSA) is 92.5 Å². The molecule has 1 atom stereocenters. The van der Waals surface area contributed by atoms with Crippen LogP contribution in [0.2, 0.25) is 0 Å². The smallest absolute Gasteiger partial charge is 0.312 e. The molecule has 1 aliphatic heterocycles. The molecular weight excluding hydrogens is 242 g/mol. The monoisotopic (exact) mass is 263 g/mol. The SMILES string of the molecule is CC(C)S(=O)(=O)N1CCCC(CNC(N)=O)C1. The van der Waals surface area contributed by atoms with Gasteiger partial charge in [-0.3, -0.25) is 0 Å². The number of nitrogens with zero attached hydrogens (tertiary/aromatic N) is 1. The van der Waals surface area contributed by atoms with Crippen molar-refractivity contribution < 1.29 is 13.2 Å². The fourth-order valence-corrected chi connectivity index (χ4v) is 3.37. The molecule has 17 heavy (non-hydrogen) atoms. The Hall–Kier alpha value is -0.820. The van der Waals surface area contributed by atoms with Gasteiger partial charge in [0.15, 0.2) is 0 Å². The third kappa shape index (κ3) is 3.85. The molecule has 2 amide bonds. The van der Waals surface area contributed by atoms with E-state index in [1.54, 1.807) is 13.8 Å². The van der Waals surface area contributed by atoms with Crippen molar-refractivity contribution in [3.05, 3.63) is 0 Å². The first kappa shape index (κ1) is 14.2. The van der Waals surface area contributed by atoms with Crippen molar-refractivity contribution in [2.45, 2.75) is 31.9 Å². The van der Waals surface area contributed by atoms with Gasteiger partial charge in [0.05, 0.1) is 5.25 Å². The summed E-state index contributed by atoms with van der Waals surface area (Å²) in [7, 11) is -3.18. The molecule has 0 aromatic heterocycles. The van der Waals surface area contributed by atoms with Gasteiger partial charge in [0.25, 0.3) is 0 Å². The minimum atomic E-state index is -3.18. The van der Waals surface area contributed by atoms with Crippen LogP contribution in [0.4, 0.5) is 4.79 Å². The normalized spacial score (nSPS) is 22.6. The highest BCUT2D eigenvalue weighted by Gasteiger charge is 2.30. The minimum Gasteiger partial charge on any atom is -0.352 e. The van der Waals surface area contributed by atoms with Gasteiger partial charge in [-0.05, 0) is 32.6 Å². The molecule has 6 nitrogen and oxygen atoms in total. The molecule has 0 aromatic carbocycles. The molecule has 0 saturated carbocycles. The quantitative estimate of drug-likeness (QED) is 0.753. The van der Waals surface area contributed by atoms with Crippen molar-refractivity contribution in [2.24, 2.45) is 11.7 Å². The number of sulfonamides is 1. The summed E-state index contributed by atoms with van der Waals surface area (Å²) in [6.07, 6.45) is 1.75. The van der Waals surface area contributed by atoms with Crippen LogP contribution in [0.15, 0.2) is 0 Å². The average molecular weight is 263 g/mol. The average Bonchev–Trinajstić information content (AvgIpc) is 2.26. The number of nitrogens with one attached hydrogen (secondary N) is 1. The number of carbonyl (C=O) groups is 1. The lowest BCUT2D eigenvalue weighted by Crippen LogP contribution is -2.46. The molecule has 1 rings (SSSR count). The van der Waals surface area contributed by atoms with Crippen LogP contribution in [-0.2, 0) is 10.0 Å². The van der Waals surface area contributed by atoms with Crippen molar-refractivity contribution in [3.8, 4) is 0 Å². The van der Waals surface area contributed by atoms with Gasteiger partial charge in [0, 0.05) is 19.6 Å². The summed E-state index contributed by atoms with van der Waals surface area (Å²) in [6.45, 7) is 4.86. The van der Waals surface area contributed by atoms with Crippen LogP contribution in [0.25, 0.3) is 0 Å². The Bertz CT molecular complexity index is 367. The van der Waals surface area contributed by atoms with Gasteiger partial charge in [-0.2, -0.15) is 0 Å². The van der Waals surface area contributed by atoms with Gasteiger partial charge in [0.2, 0.25) is 10.0 Å². The number of rotatable bonds is 4. The number of carbonyl (C=O) groups excluding carboxylic acids is 1. The fourth-order valence-electron chi connectivity index (χ4n) is 1.97. The van der Waals surface area contributed by atoms with Crippen LogP contribution in [0, 0.1) is 5.92 Å². The van der Waals surface area contributed by atoms with Crippen molar-refractivity contribution in [1.82, 2.24) is 9.62 Å². The molecular formula is C10H21N3O3S. The maximum Gasteiger partial charge on any atom is 0.312 e. The number of piperidine rings is 1. The van der Waals surface area contributed by atoms with E-state index in [-0.39, 0.29) is 5.92 Å². The highest BCUT2D eigenvalue weighted by atomic mass is 32.2. The zero-order valence-electron chi connectivity index (χ0n) is 10.3. The molecule has 0 radical (unpaired) electrons. The van der Waals surface area contributed by atoms with Gasteiger partial charge in [-0.1, -0.05) is 0 Å². The summed E-state index contributed by atoms with van der Waals surface area (Å²) >= 11 is 0. The van der Waals surface area contributed by atoms with E-state index in [2.05, 4.69) is 5.32 Å². The van der Waals surface area contributed by atoms with Gasteiger partial charge in [-0.25, -0.2) is 17.5 Å². The van der Waals surface area contributed by atoms with Gasteiger partial charge >= 0.3 is 6.03 Å². The zero-order chi connectivity index (χ0) is 13.1. The van der Waals surface area contributed by atoms with Gasteiger partial charge in [0.1, 0.15) is 0 Å². The molecule has 3 N–H and O–H groups in total. The van der Waals surface area contributed by atoms with E-state index in [0.29, 0.717) is 19.6 Å². The third-order valence-corrected chi connectivity index (χ3v) is 5.25. The lowest BCUT2D eigenvalue weighted by atomic mass is 10.00. The fraction of sp³-hybridized carbons (Fsp3) is 0.900. The number of nitrogens with two attached hydrogens (primary N) is 1. The lowest BCUT2D eigenvalue weighted by molar-refractivity contribution is 0.236. The van der Waals surface area contributed by atoms with Gasteiger partial charge in [-0.15, -0.1) is 0 Å². The second kappa shape index (κ2) is 5.68. The highest BCUT2D eigenvalue weighted by Crippen LogP contribution is 2.20. The minimum absolute atomic E-state index is 0.157. The summed E-state index contributed by atoms with van der Waals surface area (Å²) in [5.74, 6) is 0.157. The van der Waals surface area contributed by atoms with Gasteiger partial charge < -0.3 is 11.1 Å². The van der Waals surface area contributed by atoms with Crippen LogP contribution in [0.3, 0.4) is 0 Å². The molecule has 7 heteroatoms. The summed E-state index contributed by atoms with van der Waals surface area (Å²) in [5, 5.41) is 2.14. The Morgan fingerprint density at radius 1 is 1.53 bits per heavy atom. The zero-order valence-corrected chi connectivity index (χ0v) is 11.2. The molecule has 1 unspecified atom stereocenters. The first-order valence-electron chi connectivity index (χ1n) is 5.86. The Labute approximate surface area is 103 Å². The van der Waals surface area contributed by atoms with E-state index in [4.69, 9.17) is 5.73 Å². The van der Waals surface area contributed by atoms with E-state index < -0.39 is 21.3 Å². The molecule has 1 heterocycles. The Balaban J connectivity index is 2.58. The number of primary amides is 1. The summed E-state index contributed by atoms with van der Waals surface area (Å²) in [4.78, 5) is 10.6. The van der Waals surface area contributed by atoms with E-state index in [1.807, 2.05) is 0 Å². The molecule has 1 aliphatic rings. The molecule has 0 aliphatic carbocycles. The Kier molecular flexibility index (Phi) is 4.76. The lowest BCUT2D eigenvalue weighted by Gasteiger charge is -2.33. The molecule has 1 saturated heterocycles. The second-order valence-electron chi connectivity index (χ2n) is 4.71. The molecule has 1 fully saturated rings. The maximum atomic E-state index is 12.0. The first-order chi connectivity index (χ1) is 7.84. The van der Waals surface area contributed by atoms with E-state index >= 15 is 0 Å². The molecule has 0 aromatic rings. The number of urea groups is 1. The van der Waals surface area contributed by atoms with Crippen LogP contribution >= 0.6 is 0 Å². The Morgan fingerprint density at radius 3 is 2.71 bits per heavy atom. The summed E-state index contributed by atoms with van der Waals surface area (Å²) in [5.41, 5.74) is 5.00. The summed E-state index contributed by atoms with van der Waals surface area (Å²) in [6, 6.07) is -0.561. The molecule has 100 valence electrons. The predicted octanol–water partition coefficient (Wildman–Crippen LogP) is 0.105. The van der Waals surface area contributed by atoms with Crippen molar-refractivity contribution in [1.29, 1.82) is 0 Å². The van der Waals surface area contributed by atoms with E-state index in [1.165, 1.54) is 4.31 Å². The highest BCUT2D eigenvalue weighted by molar-refractivity contribution is 7.89.